The van der Waals surface area contributed by atoms with Crippen LogP contribution >= 0.6 is 11.3 Å². The van der Waals surface area contributed by atoms with Crippen molar-refractivity contribution in [1.82, 2.24) is 10.2 Å². The van der Waals surface area contributed by atoms with Crippen LogP contribution in [-0.2, 0) is 17.6 Å². The Labute approximate surface area is 128 Å². The number of hydrogen-bond donors (Lipinski definition) is 1. The van der Waals surface area contributed by atoms with E-state index in [9.17, 15) is 4.79 Å². The number of hydrogen-bond acceptors (Lipinski definition) is 5. The van der Waals surface area contributed by atoms with Gasteiger partial charge >= 0.3 is 0 Å². The number of amides is 1. The number of anilines is 1. The molecule has 2 aromatic rings. The summed E-state index contributed by atoms with van der Waals surface area (Å²) in [6.07, 6.45) is 3.45. The SMILES string of the molecule is CCCCc1nnc(NC(=O)Cc2ccc(OC)cc2)s1. The number of nitrogens with one attached hydrogen (secondary N) is 1. The standard InChI is InChI=1S/C15H19N3O2S/c1-3-4-5-14-17-18-15(21-14)16-13(19)10-11-6-8-12(20-2)9-7-11/h6-9H,3-5,10H2,1-2H3,(H,16,18,19). The fourth-order valence-corrected chi connectivity index (χ4v) is 2.62. The summed E-state index contributed by atoms with van der Waals surface area (Å²) in [6.45, 7) is 2.14. The molecule has 5 nitrogen and oxygen atoms in total. The van der Waals surface area contributed by atoms with E-state index in [2.05, 4.69) is 22.4 Å². The number of benzene rings is 1. The van der Waals surface area contributed by atoms with Gasteiger partial charge in [0.25, 0.3) is 0 Å². The molecule has 0 aliphatic carbocycles. The van der Waals surface area contributed by atoms with Crippen LogP contribution in [0.1, 0.15) is 30.3 Å². The lowest BCUT2D eigenvalue weighted by atomic mass is 10.1. The third-order valence-electron chi connectivity index (χ3n) is 2.98. The van der Waals surface area contributed by atoms with Gasteiger partial charge in [-0.25, -0.2) is 0 Å². The smallest absolute Gasteiger partial charge is 0.230 e. The number of ether oxygens (including phenoxy) is 1. The molecular formula is C15H19N3O2S. The first kappa shape index (κ1) is 15.4. The number of carbonyl (C=O) groups is 1. The van der Waals surface area contributed by atoms with E-state index >= 15 is 0 Å². The molecule has 0 fully saturated rings. The molecule has 0 aliphatic rings. The highest BCUT2D eigenvalue weighted by molar-refractivity contribution is 7.15. The molecule has 0 bridgehead atoms. The number of rotatable bonds is 7. The molecule has 0 unspecified atom stereocenters. The van der Waals surface area contributed by atoms with Crippen molar-refractivity contribution >= 4 is 22.4 Å². The third-order valence-corrected chi connectivity index (χ3v) is 3.88. The van der Waals surface area contributed by atoms with E-state index in [1.807, 2.05) is 24.3 Å². The summed E-state index contributed by atoms with van der Waals surface area (Å²) < 4.78 is 5.09. The first-order valence-electron chi connectivity index (χ1n) is 6.96. The van der Waals surface area contributed by atoms with Crippen LogP contribution in [0.3, 0.4) is 0 Å². The maximum atomic E-state index is 12.0. The number of carbonyl (C=O) groups excluding carboxylic acids is 1. The fourth-order valence-electron chi connectivity index (χ4n) is 1.83. The van der Waals surface area contributed by atoms with Crippen molar-refractivity contribution in [2.45, 2.75) is 32.6 Å². The van der Waals surface area contributed by atoms with Gasteiger partial charge in [0.05, 0.1) is 13.5 Å². The highest BCUT2D eigenvalue weighted by atomic mass is 32.1. The normalized spacial score (nSPS) is 10.4. The van der Waals surface area contributed by atoms with Gasteiger partial charge < -0.3 is 10.1 Å². The lowest BCUT2D eigenvalue weighted by molar-refractivity contribution is -0.115. The second-order valence-corrected chi connectivity index (χ2v) is 5.74. The summed E-state index contributed by atoms with van der Waals surface area (Å²) in [4.78, 5) is 12.0. The van der Waals surface area contributed by atoms with Crippen LogP contribution in [0.25, 0.3) is 0 Å². The molecule has 1 aromatic carbocycles. The molecule has 1 aromatic heterocycles. The van der Waals surface area contributed by atoms with Gasteiger partial charge in [-0.15, -0.1) is 10.2 Å². The van der Waals surface area contributed by atoms with Crippen LogP contribution in [0.4, 0.5) is 5.13 Å². The second kappa shape index (κ2) is 7.73. The maximum Gasteiger partial charge on any atom is 0.230 e. The molecule has 6 heteroatoms. The summed E-state index contributed by atoms with van der Waals surface area (Å²) in [5.74, 6) is 0.696. The molecule has 21 heavy (non-hydrogen) atoms. The van der Waals surface area contributed by atoms with Crippen molar-refractivity contribution in [3.05, 3.63) is 34.8 Å². The lowest BCUT2D eigenvalue weighted by Gasteiger charge is -2.03. The molecule has 112 valence electrons. The molecule has 0 spiro atoms. The van der Waals surface area contributed by atoms with Crippen LogP contribution in [-0.4, -0.2) is 23.2 Å². The summed E-state index contributed by atoms with van der Waals surface area (Å²) in [5.41, 5.74) is 0.934. The topological polar surface area (TPSA) is 64.1 Å². The van der Waals surface area contributed by atoms with E-state index in [0.29, 0.717) is 11.6 Å². The van der Waals surface area contributed by atoms with Crippen molar-refractivity contribution in [3.8, 4) is 5.75 Å². The molecule has 1 N–H and O–H groups in total. The Balaban J connectivity index is 1.87. The molecule has 1 heterocycles. The van der Waals surface area contributed by atoms with Gasteiger partial charge in [0, 0.05) is 6.42 Å². The molecule has 0 saturated heterocycles. The quantitative estimate of drug-likeness (QED) is 0.854. The molecule has 0 atom stereocenters. The fraction of sp³-hybridized carbons (Fsp3) is 0.400. The summed E-state index contributed by atoms with van der Waals surface area (Å²) in [7, 11) is 1.62. The second-order valence-electron chi connectivity index (χ2n) is 4.68. The van der Waals surface area contributed by atoms with Crippen molar-refractivity contribution in [2.75, 3.05) is 12.4 Å². The minimum absolute atomic E-state index is 0.0849. The van der Waals surface area contributed by atoms with Gasteiger partial charge in [-0.3, -0.25) is 4.79 Å². The van der Waals surface area contributed by atoms with E-state index in [0.717, 1.165) is 35.6 Å². The van der Waals surface area contributed by atoms with Crippen LogP contribution < -0.4 is 10.1 Å². The highest BCUT2D eigenvalue weighted by Gasteiger charge is 2.09. The van der Waals surface area contributed by atoms with Gasteiger partial charge in [0.1, 0.15) is 10.8 Å². The minimum atomic E-state index is -0.0849. The number of unbranched alkanes of at least 4 members (excludes halogenated alkanes) is 1. The number of methoxy groups -OCH3 is 1. The average Bonchev–Trinajstić information content (AvgIpc) is 2.93. The Morgan fingerprint density at radius 1 is 1.29 bits per heavy atom. The minimum Gasteiger partial charge on any atom is -0.497 e. The first-order valence-corrected chi connectivity index (χ1v) is 7.78. The largest absolute Gasteiger partial charge is 0.497 e. The van der Waals surface area contributed by atoms with Gasteiger partial charge in [-0.2, -0.15) is 0 Å². The zero-order valence-electron chi connectivity index (χ0n) is 12.3. The predicted molar refractivity (Wildman–Crippen MR) is 83.8 cm³/mol. The van der Waals surface area contributed by atoms with Crippen molar-refractivity contribution in [2.24, 2.45) is 0 Å². The Kier molecular flexibility index (Phi) is 5.68. The van der Waals surface area contributed by atoms with Crippen molar-refractivity contribution in [3.63, 3.8) is 0 Å². The monoisotopic (exact) mass is 305 g/mol. The zero-order chi connectivity index (χ0) is 15.1. The van der Waals surface area contributed by atoms with Crippen molar-refractivity contribution < 1.29 is 9.53 Å². The maximum absolute atomic E-state index is 12.0. The van der Waals surface area contributed by atoms with E-state index in [1.54, 1.807) is 7.11 Å². The average molecular weight is 305 g/mol. The van der Waals surface area contributed by atoms with E-state index < -0.39 is 0 Å². The molecule has 0 radical (unpaired) electrons. The lowest BCUT2D eigenvalue weighted by Crippen LogP contribution is -2.14. The molecule has 2 rings (SSSR count). The summed E-state index contributed by atoms with van der Waals surface area (Å²) >= 11 is 1.44. The Bertz CT molecular complexity index is 581. The molecule has 0 aliphatic heterocycles. The van der Waals surface area contributed by atoms with Crippen LogP contribution in [0.15, 0.2) is 24.3 Å². The first-order chi connectivity index (χ1) is 10.2. The van der Waals surface area contributed by atoms with Crippen molar-refractivity contribution in [1.29, 1.82) is 0 Å². The summed E-state index contributed by atoms with van der Waals surface area (Å²) in [5, 5.41) is 12.4. The van der Waals surface area contributed by atoms with E-state index in [-0.39, 0.29) is 5.91 Å². The van der Waals surface area contributed by atoms with Gasteiger partial charge in [-0.1, -0.05) is 36.8 Å². The number of aryl methyl sites for hydroxylation is 1. The van der Waals surface area contributed by atoms with E-state index in [4.69, 9.17) is 4.74 Å². The molecule has 1 amide bonds. The third kappa shape index (κ3) is 4.82. The van der Waals surface area contributed by atoms with Crippen LogP contribution in [0.5, 0.6) is 5.75 Å². The Morgan fingerprint density at radius 3 is 2.71 bits per heavy atom. The van der Waals surface area contributed by atoms with Gasteiger partial charge in [-0.05, 0) is 24.1 Å². The van der Waals surface area contributed by atoms with Crippen LogP contribution in [0.2, 0.25) is 0 Å². The van der Waals surface area contributed by atoms with E-state index in [1.165, 1.54) is 11.3 Å². The highest BCUT2D eigenvalue weighted by Crippen LogP contribution is 2.18. The predicted octanol–water partition coefficient (Wildman–Crippen LogP) is 3.07. The number of aromatic nitrogens is 2. The molecular weight excluding hydrogens is 286 g/mol. The zero-order valence-corrected chi connectivity index (χ0v) is 13.1. The van der Waals surface area contributed by atoms with Gasteiger partial charge in [0.2, 0.25) is 11.0 Å². The Morgan fingerprint density at radius 2 is 2.05 bits per heavy atom. The Hall–Kier alpha value is -1.95. The van der Waals surface area contributed by atoms with Crippen LogP contribution in [0, 0.1) is 0 Å². The molecule has 0 saturated carbocycles. The van der Waals surface area contributed by atoms with Gasteiger partial charge in [0.15, 0.2) is 0 Å². The number of nitrogens with zero attached hydrogens (tertiary/aromatic N) is 2. The summed E-state index contributed by atoms with van der Waals surface area (Å²) in [6, 6.07) is 7.45.